The van der Waals surface area contributed by atoms with E-state index in [2.05, 4.69) is 10.3 Å². The second-order valence-electron chi connectivity index (χ2n) is 4.40. The van der Waals surface area contributed by atoms with Crippen LogP contribution in [0.3, 0.4) is 0 Å². The third kappa shape index (κ3) is 2.94. The van der Waals surface area contributed by atoms with Crippen molar-refractivity contribution in [2.45, 2.75) is 6.54 Å². The van der Waals surface area contributed by atoms with Gasteiger partial charge < -0.3 is 19.3 Å². The van der Waals surface area contributed by atoms with Crippen LogP contribution in [0.1, 0.15) is 16.1 Å². The van der Waals surface area contributed by atoms with Crippen molar-refractivity contribution in [1.82, 2.24) is 4.98 Å². The summed E-state index contributed by atoms with van der Waals surface area (Å²) in [7, 11) is 0. The van der Waals surface area contributed by atoms with E-state index in [0.717, 1.165) is 11.3 Å². The van der Waals surface area contributed by atoms with Crippen LogP contribution in [0.5, 0.6) is 0 Å². The maximum absolute atomic E-state index is 10.7. The number of aromatic nitrogens is 1. The summed E-state index contributed by atoms with van der Waals surface area (Å²) in [4.78, 5) is 14.6. The lowest BCUT2D eigenvalue weighted by Crippen LogP contribution is -1.98. The van der Waals surface area contributed by atoms with Crippen LogP contribution in [0.2, 0.25) is 0 Å². The highest BCUT2D eigenvalue weighted by atomic mass is 16.4. The molecular formula is C15H12N2O4. The molecule has 6 nitrogen and oxygen atoms in total. The van der Waals surface area contributed by atoms with Gasteiger partial charge in [0.2, 0.25) is 0 Å². The lowest BCUT2D eigenvalue weighted by atomic mass is 10.1. The minimum atomic E-state index is -0.999. The lowest BCUT2D eigenvalue weighted by molar-refractivity contribution is 0.0696. The number of hydrogen-bond acceptors (Lipinski definition) is 5. The summed E-state index contributed by atoms with van der Waals surface area (Å²) in [6.07, 6.45) is 4.27. The topological polar surface area (TPSA) is 88.5 Å². The predicted octanol–water partition coefficient (Wildman–Crippen LogP) is 3.24. The highest BCUT2D eigenvalue weighted by molar-refractivity contribution is 5.87. The molecule has 106 valence electrons. The number of furan rings is 1. The maximum atomic E-state index is 10.7. The molecule has 0 aliphatic rings. The Morgan fingerprint density at radius 1 is 1.24 bits per heavy atom. The number of rotatable bonds is 5. The summed E-state index contributed by atoms with van der Waals surface area (Å²) in [5.74, 6) is 0.270. The molecule has 1 aromatic carbocycles. The van der Waals surface area contributed by atoms with Crippen molar-refractivity contribution >= 4 is 11.7 Å². The zero-order valence-electron chi connectivity index (χ0n) is 10.9. The molecule has 0 amide bonds. The van der Waals surface area contributed by atoms with Crippen molar-refractivity contribution in [2.24, 2.45) is 0 Å². The van der Waals surface area contributed by atoms with E-state index in [1.165, 1.54) is 18.7 Å². The second-order valence-corrected chi connectivity index (χ2v) is 4.40. The monoisotopic (exact) mass is 284 g/mol. The molecule has 0 atom stereocenters. The van der Waals surface area contributed by atoms with E-state index >= 15 is 0 Å². The number of carboxylic acid groups (broad SMARTS) is 1. The van der Waals surface area contributed by atoms with Crippen molar-refractivity contribution < 1.29 is 18.7 Å². The Balaban J connectivity index is 1.64. The van der Waals surface area contributed by atoms with Gasteiger partial charge in [-0.2, -0.15) is 0 Å². The first-order valence-electron chi connectivity index (χ1n) is 6.26. The van der Waals surface area contributed by atoms with Gasteiger partial charge in [0.25, 0.3) is 0 Å². The number of nitrogens with one attached hydrogen (secondary N) is 1. The highest BCUT2D eigenvalue weighted by Crippen LogP contribution is 2.21. The van der Waals surface area contributed by atoms with Gasteiger partial charge in [-0.15, -0.1) is 0 Å². The number of carboxylic acids is 1. The third-order valence-electron chi connectivity index (χ3n) is 2.97. The van der Waals surface area contributed by atoms with Crippen LogP contribution >= 0.6 is 0 Å². The molecule has 0 aliphatic carbocycles. The molecule has 0 saturated carbocycles. The van der Waals surface area contributed by atoms with E-state index in [0.29, 0.717) is 18.1 Å². The predicted molar refractivity (Wildman–Crippen MR) is 74.9 cm³/mol. The van der Waals surface area contributed by atoms with Crippen LogP contribution in [0.4, 0.5) is 5.69 Å². The Bertz CT molecular complexity index is 729. The van der Waals surface area contributed by atoms with Gasteiger partial charge in [-0.25, -0.2) is 9.78 Å². The summed E-state index contributed by atoms with van der Waals surface area (Å²) >= 11 is 0. The van der Waals surface area contributed by atoms with Crippen LogP contribution < -0.4 is 5.32 Å². The normalized spacial score (nSPS) is 10.5. The van der Waals surface area contributed by atoms with Crippen LogP contribution in [0.15, 0.2) is 58.0 Å². The molecule has 0 bridgehead atoms. The second kappa shape index (κ2) is 5.54. The van der Waals surface area contributed by atoms with Crippen molar-refractivity contribution in [3.05, 3.63) is 60.5 Å². The van der Waals surface area contributed by atoms with Crippen LogP contribution in [-0.2, 0) is 6.54 Å². The minimum Gasteiger partial charge on any atom is -0.478 e. The van der Waals surface area contributed by atoms with Gasteiger partial charge >= 0.3 is 5.97 Å². The van der Waals surface area contributed by atoms with Gasteiger partial charge in [0.15, 0.2) is 12.2 Å². The number of anilines is 1. The fraction of sp³-hybridized carbons (Fsp3) is 0.0667. The Kier molecular flexibility index (Phi) is 3.42. The summed E-state index contributed by atoms with van der Waals surface area (Å²) in [5.41, 5.74) is 1.98. The third-order valence-corrected chi connectivity index (χ3v) is 2.97. The minimum absolute atomic E-state index is 0.146. The molecule has 2 N–H and O–H groups in total. The molecule has 0 fully saturated rings. The zero-order valence-corrected chi connectivity index (χ0v) is 10.9. The van der Waals surface area contributed by atoms with Crippen LogP contribution in [0, 0.1) is 0 Å². The van der Waals surface area contributed by atoms with Crippen molar-refractivity contribution in [3.8, 4) is 11.3 Å². The van der Waals surface area contributed by atoms with E-state index in [1.54, 1.807) is 6.20 Å². The molecule has 3 aromatic rings. The number of hydrogen-bond donors (Lipinski definition) is 2. The van der Waals surface area contributed by atoms with Crippen molar-refractivity contribution in [3.63, 3.8) is 0 Å². The van der Waals surface area contributed by atoms with Crippen LogP contribution in [-0.4, -0.2) is 16.1 Å². The van der Waals surface area contributed by atoms with Crippen molar-refractivity contribution in [1.29, 1.82) is 0 Å². The standard InChI is InChI=1S/C15H12N2O4/c18-15(19)11-5-13(20-8-11)6-17-12-3-1-10(2-4-12)14-7-16-9-21-14/h1-5,7-9,17H,6H2,(H,18,19). The summed E-state index contributed by atoms with van der Waals surface area (Å²) in [6.45, 7) is 0.412. The summed E-state index contributed by atoms with van der Waals surface area (Å²) in [5, 5.41) is 12.0. The van der Waals surface area contributed by atoms with E-state index in [4.69, 9.17) is 13.9 Å². The Morgan fingerprint density at radius 3 is 2.67 bits per heavy atom. The Morgan fingerprint density at radius 2 is 2.05 bits per heavy atom. The SMILES string of the molecule is O=C(O)c1coc(CNc2ccc(-c3cnco3)cc2)c1. The van der Waals surface area contributed by atoms with Gasteiger partial charge in [-0.3, -0.25) is 0 Å². The Labute approximate surface area is 120 Å². The number of aromatic carboxylic acids is 1. The highest BCUT2D eigenvalue weighted by Gasteiger charge is 2.08. The van der Waals surface area contributed by atoms with E-state index < -0.39 is 5.97 Å². The van der Waals surface area contributed by atoms with Gasteiger partial charge in [0.05, 0.1) is 18.3 Å². The number of benzene rings is 1. The molecule has 2 heterocycles. The average Bonchev–Trinajstić information content (AvgIpc) is 3.17. The lowest BCUT2D eigenvalue weighted by Gasteiger charge is -2.04. The van der Waals surface area contributed by atoms with Gasteiger partial charge in [0, 0.05) is 11.3 Å². The van der Waals surface area contributed by atoms with E-state index in [-0.39, 0.29) is 5.56 Å². The average molecular weight is 284 g/mol. The quantitative estimate of drug-likeness (QED) is 0.747. The maximum Gasteiger partial charge on any atom is 0.338 e. The molecule has 0 unspecified atom stereocenters. The van der Waals surface area contributed by atoms with E-state index in [9.17, 15) is 4.79 Å². The van der Waals surface area contributed by atoms with Gasteiger partial charge in [-0.05, 0) is 30.3 Å². The van der Waals surface area contributed by atoms with Gasteiger partial charge in [0.1, 0.15) is 12.0 Å². The van der Waals surface area contributed by atoms with Crippen LogP contribution in [0.25, 0.3) is 11.3 Å². The largest absolute Gasteiger partial charge is 0.478 e. The molecule has 0 spiro atoms. The molecule has 0 radical (unpaired) electrons. The van der Waals surface area contributed by atoms with Gasteiger partial charge in [-0.1, -0.05) is 0 Å². The zero-order chi connectivity index (χ0) is 14.7. The first kappa shape index (κ1) is 13.0. The fourth-order valence-corrected chi connectivity index (χ4v) is 1.89. The molecule has 21 heavy (non-hydrogen) atoms. The summed E-state index contributed by atoms with van der Waals surface area (Å²) in [6, 6.07) is 9.12. The molecule has 6 heteroatoms. The first-order chi connectivity index (χ1) is 10.2. The molecule has 3 rings (SSSR count). The van der Waals surface area contributed by atoms with E-state index in [1.807, 2.05) is 24.3 Å². The first-order valence-corrected chi connectivity index (χ1v) is 6.26. The molecule has 0 aliphatic heterocycles. The fourth-order valence-electron chi connectivity index (χ4n) is 1.89. The number of carbonyl (C=O) groups is 1. The molecular weight excluding hydrogens is 272 g/mol. The summed E-state index contributed by atoms with van der Waals surface area (Å²) < 4.78 is 10.4. The van der Waals surface area contributed by atoms with Crippen molar-refractivity contribution in [2.75, 3.05) is 5.32 Å². The smallest absolute Gasteiger partial charge is 0.338 e. The number of nitrogens with zero attached hydrogens (tertiary/aromatic N) is 1. The Hall–Kier alpha value is -3.02. The molecule has 0 saturated heterocycles. The molecule has 2 aromatic heterocycles. The number of oxazole rings is 1.